The number of rotatable bonds is 6. The average Bonchev–Trinajstić information content (AvgIpc) is 3.14. The maximum atomic E-state index is 14.1. The van der Waals surface area contributed by atoms with Crippen LogP contribution in [-0.2, 0) is 6.54 Å². The number of nitrogens with one attached hydrogen (secondary N) is 1. The molecule has 1 aromatic carbocycles. The molecule has 1 N–H and O–H groups in total. The first-order valence-electron chi connectivity index (χ1n) is 6.90. The molecular formula is C15H23FN2. The molecule has 2 rings (SSSR count). The van der Waals surface area contributed by atoms with Crippen LogP contribution in [0.3, 0.4) is 0 Å². The maximum absolute atomic E-state index is 14.1. The summed E-state index contributed by atoms with van der Waals surface area (Å²) >= 11 is 0. The summed E-state index contributed by atoms with van der Waals surface area (Å²) in [5, 5.41) is 3.31. The van der Waals surface area contributed by atoms with Gasteiger partial charge in [-0.15, -0.1) is 0 Å². The van der Waals surface area contributed by atoms with Gasteiger partial charge in [-0.1, -0.05) is 19.9 Å². The van der Waals surface area contributed by atoms with Gasteiger partial charge in [0.05, 0.1) is 5.69 Å². The van der Waals surface area contributed by atoms with Crippen LogP contribution >= 0.6 is 0 Å². The minimum absolute atomic E-state index is 0.0909. The summed E-state index contributed by atoms with van der Waals surface area (Å²) in [5.74, 6) is -0.0909. The van der Waals surface area contributed by atoms with Crippen molar-refractivity contribution in [3.63, 3.8) is 0 Å². The Bertz CT molecular complexity index is 399. The Hall–Kier alpha value is -1.09. The van der Waals surface area contributed by atoms with Crippen LogP contribution in [0.1, 0.15) is 39.2 Å². The second-order valence-electron chi connectivity index (χ2n) is 5.34. The minimum atomic E-state index is -0.0909. The van der Waals surface area contributed by atoms with E-state index in [0.29, 0.717) is 12.1 Å². The lowest BCUT2D eigenvalue weighted by molar-refractivity contribution is 0.580. The number of nitrogens with zero attached hydrogens (tertiary/aromatic N) is 1. The van der Waals surface area contributed by atoms with Crippen molar-refractivity contribution in [2.75, 3.05) is 11.4 Å². The normalized spacial score (nSPS) is 15.2. The van der Waals surface area contributed by atoms with Gasteiger partial charge in [0, 0.05) is 25.2 Å². The first-order valence-corrected chi connectivity index (χ1v) is 6.90. The quantitative estimate of drug-likeness (QED) is 0.833. The van der Waals surface area contributed by atoms with Gasteiger partial charge >= 0.3 is 0 Å². The van der Waals surface area contributed by atoms with Crippen molar-refractivity contribution < 1.29 is 4.39 Å². The second kappa shape index (κ2) is 5.70. The van der Waals surface area contributed by atoms with Crippen LogP contribution < -0.4 is 10.2 Å². The number of halogens is 1. The minimum Gasteiger partial charge on any atom is -0.366 e. The van der Waals surface area contributed by atoms with E-state index in [1.165, 1.54) is 12.8 Å². The predicted octanol–water partition coefficient (Wildman–Crippen LogP) is 3.31. The lowest BCUT2D eigenvalue weighted by Crippen LogP contribution is -2.26. The van der Waals surface area contributed by atoms with Crippen molar-refractivity contribution in [1.29, 1.82) is 0 Å². The van der Waals surface area contributed by atoms with Crippen LogP contribution in [0.15, 0.2) is 18.2 Å². The Morgan fingerprint density at radius 3 is 2.61 bits per heavy atom. The van der Waals surface area contributed by atoms with E-state index in [0.717, 1.165) is 24.3 Å². The van der Waals surface area contributed by atoms with Gasteiger partial charge in [0.2, 0.25) is 0 Å². The van der Waals surface area contributed by atoms with Gasteiger partial charge in [0.1, 0.15) is 5.82 Å². The predicted molar refractivity (Wildman–Crippen MR) is 74.4 cm³/mol. The standard InChI is InChI=1S/C15H23FN2/c1-4-18(13-6-7-13)15-8-5-12(9-14(15)16)10-17-11(2)3/h5,8-9,11,13,17H,4,6-7,10H2,1-3H3. The van der Waals surface area contributed by atoms with E-state index < -0.39 is 0 Å². The third-order valence-electron chi connectivity index (χ3n) is 3.36. The summed E-state index contributed by atoms with van der Waals surface area (Å²) in [6.07, 6.45) is 2.40. The molecule has 0 atom stereocenters. The van der Waals surface area contributed by atoms with E-state index >= 15 is 0 Å². The highest BCUT2D eigenvalue weighted by Crippen LogP contribution is 2.33. The molecule has 0 amide bonds. The van der Waals surface area contributed by atoms with Crippen LogP contribution in [0.25, 0.3) is 0 Å². The second-order valence-corrected chi connectivity index (χ2v) is 5.34. The Kier molecular flexibility index (Phi) is 4.23. The zero-order chi connectivity index (χ0) is 13.1. The molecule has 1 aromatic rings. The van der Waals surface area contributed by atoms with Crippen LogP contribution in [-0.4, -0.2) is 18.6 Å². The molecule has 1 saturated carbocycles. The Balaban J connectivity index is 2.08. The molecule has 0 saturated heterocycles. The molecule has 18 heavy (non-hydrogen) atoms. The summed E-state index contributed by atoms with van der Waals surface area (Å²) < 4.78 is 14.1. The molecule has 1 fully saturated rings. The molecule has 0 heterocycles. The molecule has 0 unspecified atom stereocenters. The van der Waals surface area contributed by atoms with Crippen molar-refractivity contribution in [1.82, 2.24) is 5.32 Å². The molecule has 0 radical (unpaired) electrons. The van der Waals surface area contributed by atoms with Crippen molar-refractivity contribution in [2.45, 2.75) is 52.2 Å². The van der Waals surface area contributed by atoms with E-state index in [4.69, 9.17) is 0 Å². The molecule has 0 aliphatic heterocycles. The average molecular weight is 250 g/mol. The SMILES string of the molecule is CCN(c1ccc(CNC(C)C)cc1F)C1CC1. The zero-order valence-electron chi connectivity index (χ0n) is 11.5. The zero-order valence-corrected chi connectivity index (χ0v) is 11.5. The van der Waals surface area contributed by atoms with E-state index in [-0.39, 0.29) is 5.82 Å². The van der Waals surface area contributed by atoms with Crippen molar-refractivity contribution >= 4 is 5.69 Å². The highest BCUT2D eigenvalue weighted by Gasteiger charge is 2.29. The number of hydrogen-bond acceptors (Lipinski definition) is 2. The summed E-state index contributed by atoms with van der Waals surface area (Å²) in [7, 11) is 0. The first-order chi connectivity index (χ1) is 8.61. The molecule has 0 aromatic heterocycles. The van der Waals surface area contributed by atoms with Gasteiger partial charge in [-0.25, -0.2) is 4.39 Å². The smallest absolute Gasteiger partial charge is 0.146 e. The highest BCUT2D eigenvalue weighted by molar-refractivity contribution is 5.51. The Labute approximate surface area is 109 Å². The molecule has 1 aliphatic carbocycles. The topological polar surface area (TPSA) is 15.3 Å². The van der Waals surface area contributed by atoms with E-state index in [1.54, 1.807) is 6.07 Å². The van der Waals surface area contributed by atoms with E-state index in [2.05, 4.69) is 31.0 Å². The number of benzene rings is 1. The van der Waals surface area contributed by atoms with Crippen LogP contribution in [0.2, 0.25) is 0 Å². The molecule has 2 nitrogen and oxygen atoms in total. The van der Waals surface area contributed by atoms with Gasteiger partial charge in [-0.3, -0.25) is 0 Å². The van der Waals surface area contributed by atoms with Gasteiger partial charge < -0.3 is 10.2 Å². The molecule has 0 bridgehead atoms. The summed E-state index contributed by atoms with van der Waals surface area (Å²) in [6.45, 7) is 7.88. The number of anilines is 1. The van der Waals surface area contributed by atoms with Gasteiger partial charge in [-0.2, -0.15) is 0 Å². The largest absolute Gasteiger partial charge is 0.366 e. The van der Waals surface area contributed by atoms with Crippen LogP contribution in [0, 0.1) is 5.82 Å². The molecule has 1 aliphatic rings. The Morgan fingerprint density at radius 1 is 1.39 bits per heavy atom. The van der Waals surface area contributed by atoms with E-state index in [9.17, 15) is 4.39 Å². The van der Waals surface area contributed by atoms with Crippen molar-refractivity contribution in [2.24, 2.45) is 0 Å². The van der Waals surface area contributed by atoms with Gasteiger partial charge in [-0.05, 0) is 37.5 Å². The monoisotopic (exact) mass is 250 g/mol. The van der Waals surface area contributed by atoms with Crippen LogP contribution in [0.5, 0.6) is 0 Å². The number of hydrogen-bond donors (Lipinski definition) is 1. The van der Waals surface area contributed by atoms with Crippen molar-refractivity contribution in [3.8, 4) is 0 Å². The summed E-state index contributed by atoms with van der Waals surface area (Å²) in [4.78, 5) is 2.18. The lowest BCUT2D eigenvalue weighted by Gasteiger charge is -2.23. The van der Waals surface area contributed by atoms with Crippen LogP contribution in [0.4, 0.5) is 10.1 Å². The summed E-state index contributed by atoms with van der Waals surface area (Å²) in [5.41, 5.74) is 1.77. The maximum Gasteiger partial charge on any atom is 0.146 e. The molecule has 3 heteroatoms. The van der Waals surface area contributed by atoms with Gasteiger partial charge in [0.25, 0.3) is 0 Å². The fourth-order valence-corrected chi connectivity index (χ4v) is 2.23. The van der Waals surface area contributed by atoms with E-state index in [1.807, 2.05) is 12.1 Å². The molecule has 100 valence electrons. The summed E-state index contributed by atoms with van der Waals surface area (Å²) in [6, 6.07) is 6.60. The third kappa shape index (κ3) is 3.22. The lowest BCUT2D eigenvalue weighted by atomic mass is 10.1. The first kappa shape index (κ1) is 13.3. The fourth-order valence-electron chi connectivity index (χ4n) is 2.23. The third-order valence-corrected chi connectivity index (χ3v) is 3.36. The molecular weight excluding hydrogens is 227 g/mol. The fraction of sp³-hybridized carbons (Fsp3) is 0.600. The van der Waals surface area contributed by atoms with Gasteiger partial charge in [0.15, 0.2) is 0 Å². The highest BCUT2D eigenvalue weighted by atomic mass is 19.1. The van der Waals surface area contributed by atoms with Crippen molar-refractivity contribution in [3.05, 3.63) is 29.6 Å². The molecule has 0 spiro atoms. The Morgan fingerprint density at radius 2 is 2.11 bits per heavy atom.